The summed E-state index contributed by atoms with van der Waals surface area (Å²) in [5.74, 6) is 0.0976. The quantitative estimate of drug-likeness (QED) is 0.546. The first-order valence-corrected chi connectivity index (χ1v) is 3.20. The van der Waals surface area contributed by atoms with Gasteiger partial charge in [-0.1, -0.05) is 6.92 Å². The van der Waals surface area contributed by atoms with E-state index in [0.717, 1.165) is 0 Å². The summed E-state index contributed by atoms with van der Waals surface area (Å²) >= 11 is 0. The monoisotopic (exact) mass is 130 g/mol. The Kier molecular flexibility index (Phi) is 4.26. The molecule has 0 bridgehead atoms. The Balaban J connectivity index is 3.45. The van der Waals surface area contributed by atoms with E-state index < -0.39 is 0 Å². The van der Waals surface area contributed by atoms with Crippen LogP contribution in [-0.4, -0.2) is 18.4 Å². The van der Waals surface area contributed by atoms with Gasteiger partial charge in [0.05, 0.1) is 6.04 Å². The van der Waals surface area contributed by atoms with Crippen LogP contribution in [0.5, 0.6) is 0 Å². The second kappa shape index (κ2) is 4.47. The lowest BCUT2D eigenvalue weighted by Gasteiger charge is -2.05. The molecule has 0 aromatic carbocycles. The summed E-state index contributed by atoms with van der Waals surface area (Å²) in [5, 5.41) is 0. The lowest BCUT2D eigenvalue weighted by atomic mass is 10.1. The topological polar surface area (TPSA) is 69.1 Å². The molecular formula is C6H14N2O. The van der Waals surface area contributed by atoms with E-state index >= 15 is 0 Å². The summed E-state index contributed by atoms with van der Waals surface area (Å²) in [5.41, 5.74) is 10.6. The molecule has 4 N–H and O–H groups in total. The van der Waals surface area contributed by atoms with Crippen LogP contribution in [0.3, 0.4) is 0 Å². The van der Waals surface area contributed by atoms with Crippen LogP contribution in [0.15, 0.2) is 0 Å². The average Bonchev–Trinajstić information content (AvgIpc) is 1.87. The Morgan fingerprint density at radius 3 is 2.56 bits per heavy atom. The smallest absolute Gasteiger partial charge is 0.149 e. The van der Waals surface area contributed by atoms with Gasteiger partial charge in [0, 0.05) is 6.42 Å². The van der Waals surface area contributed by atoms with Crippen molar-refractivity contribution in [2.24, 2.45) is 11.5 Å². The molecule has 0 fully saturated rings. The van der Waals surface area contributed by atoms with Crippen molar-refractivity contribution in [2.45, 2.75) is 25.8 Å². The van der Waals surface area contributed by atoms with Crippen molar-refractivity contribution < 1.29 is 4.79 Å². The van der Waals surface area contributed by atoms with E-state index in [1.807, 2.05) is 0 Å². The summed E-state index contributed by atoms with van der Waals surface area (Å²) in [7, 11) is 0. The molecule has 0 saturated heterocycles. The lowest BCUT2D eigenvalue weighted by molar-refractivity contribution is -0.120. The number of hydrogen-bond acceptors (Lipinski definition) is 3. The summed E-state index contributed by atoms with van der Waals surface area (Å²) in [6.45, 7) is 2.30. The highest BCUT2D eigenvalue weighted by Gasteiger charge is 2.08. The molecule has 0 radical (unpaired) electrons. The van der Waals surface area contributed by atoms with Gasteiger partial charge in [0.15, 0.2) is 0 Å². The standard InChI is InChI=1S/C6H14N2O/c1-2-6(9)5(8)3-4-7/h5H,2-4,7-8H2,1H3/t5-/m0/s1. The van der Waals surface area contributed by atoms with Crippen molar-refractivity contribution in [3.8, 4) is 0 Å². The molecule has 0 heterocycles. The molecule has 0 aliphatic heterocycles. The van der Waals surface area contributed by atoms with E-state index in [4.69, 9.17) is 11.5 Å². The van der Waals surface area contributed by atoms with E-state index in [1.165, 1.54) is 0 Å². The molecule has 0 unspecified atom stereocenters. The first kappa shape index (κ1) is 8.59. The van der Waals surface area contributed by atoms with Crippen LogP contribution in [-0.2, 0) is 4.79 Å². The Hall–Kier alpha value is -0.410. The van der Waals surface area contributed by atoms with Gasteiger partial charge in [-0.2, -0.15) is 0 Å². The number of hydrogen-bond donors (Lipinski definition) is 2. The highest BCUT2D eigenvalue weighted by Crippen LogP contribution is 1.90. The summed E-state index contributed by atoms with van der Waals surface area (Å²) in [4.78, 5) is 10.7. The first-order chi connectivity index (χ1) is 4.22. The average molecular weight is 130 g/mol. The summed E-state index contributed by atoms with van der Waals surface area (Å²) in [6.07, 6.45) is 1.12. The highest BCUT2D eigenvalue weighted by molar-refractivity contribution is 5.83. The lowest BCUT2D eigenvalue weighted by Crippen LogP contribution is -2.32. The molecule has 1 atom stereocenters. The van der Waals surface area contributed by atoms with Crippen molar-refractivity contribution in [3.63, 3.8) is 0 Å². The first-order valence-electron chi connectivity index (χ1n) is 3.20. The minimum atomic E-state index is -0.333. The van der Waals surface area contributed by atoms with E-state index in [-0.39, 0.29) is 11.8 Å². The molecule has 0 aliphatic rings. The molecular weight excluding hydrogens is 116 g/mol. The van der Waals surface area contributed by atoms with Crippen molar-refractivity contribution >= 4 is 5.78 Å². The molecule has 0 aromatic heterocycles. The van der Waals surface area contributed by atoms with Crippen molar-refractivity contribution in [3.05, 3.63) is 0 Å². The molecule has 0 aromatic rings. The largest absolute Gasteiger partial charge is 0.330 e. The molecule has 9 heavy (non-hydrogen) atoms. The zero-order valence-corrected chi connectivity index (χ0v) is 5.76. The predicted molar refractivity (Wildman–Crippen MR) is 36.9 cm³/mol. The van der Waals surface area contributed by atoms with E-state index in [0.29, 0.717) is 19.4 Å². The molecule has 3 heteroatoms. The fourth-order valence-corrected chi connectivity index (χ4v) is 0.603. The van der Waals surface area contributed by atoms with Gasteiger partial charge in [-0.3, -0.25) is 4.79 Å². The van der Waals surface area contributed by atoms with Crippen LogP contribution in [0.25, 0.3) is 0 Å². The molecule has 0 rings (SSSR count). The molecule has 3 nitrogen and oxygen atoms in total. The van der Waals surface area contributed by atoms with Gasteiger partial charge in [-0.15, -0.1) is 0 Å². The van der Waals surface area contributed by atoms with E-state index in [2.05, 4.69) is 0 Å². The number of carbonyl (C=O) groups excluding carboxylic acids is 1. The van der Waals surface area contributed by atoms with Crippen LogP contribution in [0, 0.1) is 0 Å². The second-order valence-corrected chi connectivity index (χ2v) is 2.00. The highest BCUT2D eigenvalue weighted by atomic mass is 16.1. The van der Waals surface area contributed by atoms with Crippen LogP contribution in [0.1, 0.15) is 19.8 Å². The van der Waals surface area contributed by atoms with Crippen molar-refractivity contribution in [1.29, 1.82) is 0 Å². The normalized spacial score (nSPS) is 13.2. The third-order valence-corrected chi connectivity index (χ3v) is 1.24. The fourth-order valence-electron chi connectivity index (χ4n) is 0.603. The summed E-state index contributed by atoms with van der Waals surface area (Å²) < 4.78 is 0. The molecule has 0 saturated carbocycles. The minimum Gasteiger partial charge on any atom is -0.330 e. The molecule has 0 amide bonds. The Morgan fingerprint density at radius 2 is 2.22 bits per heavy atom. The van der Waals surface area contributed by atoms with Crippen LogP contribution in [0.4, 0.5) is 0 Å². The van der Waals surface area contributed by atoms with E-state index in [9.17, 15) is 4.79 Å². The van der Waals surface area contributed by atoms with Crippen molar-refractivity contribution in [2.75, 3.05) is 6.54 Å². The third-order valence-electron chi connectivity index (χ3n) is 1.24. The fraction of sp³-hybridized carbons (Fsp3) is 0.833. The summed E-state index contributed by atoms with van der Waals surface area (Å²) in [6, 6.07) is -0.333. The second-order valence-electron chi connectivity index (χ2n) is 2.00. The molecule has 0 aliphatic carbocycles. The van der Waals surface area contributed by atoms with E-state index in [1.54, 1.807) is 6.92 Å². The van der Waals surface area contributed by atoms with Gasteiger partial charge < -0.3 is 11.5 Å². The molecule has 54 valence electrons. The Bertz CT molecular complexity index is 93.1. The Morgan fingerprint density at radius 1 is 1.67 bits per heavy atom. The van der Waals surface area contributed by atoms with Gasteiger partial charge in [0.1, 0.15) is 5.78 Å². The maximum Gasteiger partial charge on any atom is 0.149 e. The molecule has 0 spiro atoms. The maximum atomic E-state index is 10.7. The Labute approximate surface area is 55.4 Å². The predicted octanol–water partition coefficient (Wildman–Crippen LogP) is -0.358. The third kappa shape index (κ3) is 3.21. The van der Waals surface area contributed by atoms with Crippen LogP contribution >= 0.6 is 0 Å². The van der Waals surface area contributed by atoms with Gasteiger partial charge in [0.25, 0.3) is 0 Å². The zero-order valence-electron chi connectivity index (χ0n) is 5.76. The number of rotatable bonds is 4. The number of nitrogens with two attached hydrogens (primary N) is 2. The zero-order chi connectivity index (χ0) is 7.28. The number of Topliss-reactive ketones (excluding diaryl/α,β-unsaturated/α-hetero) is 1. The maximum absolute atomic E-state index is 10.7. The van der Waals surface area contributed by atoms with Gasteiger partial charge in [-0.25, -0.2) is 0 Å². The SMILES string of the molecule is CCC(=O)[C@@H](N)CCN. The van der Waals surface area contributed by atoms with Crippen molar-refractivity contribution in [1.82, 2.24) is 0 Å². The van der Waals surface area contributed by atoms with Gasteiger partial charge in [-0.05, 0) is 13.0 Å². The van der Waals surface area contributed by atoms with Gasteiger partial charge in [0.2, 0.25) is 0 Å². The number of ketones is 1. The minimum absolute atomic E-state index is 0.0976. The van der Waals surface area contributed by atoms with Gasteiger partial charge >= 0.3 is 0 Å². The number of carbonyl (C=O) groups is 1. The van der Waals surface area contributed by atoms with Crippen LogP contribution < -0.4 is 11.5 Å². The van der Waals surface area contributed by atoms with Crippen LogP contribution in [0.2, 0.25) is 0 Å².